The highest BCUT2D eigenvalue weighted by atomic mass is 32.1. The van der Waals surface area contributed by atoms with E-state index >= 15 is 0 Å². The number of aromatic nitrogens is 2. The number of amides is 2. The van der Waals surface area contributed by atoms with E-state index in [-0.39, 0.29) is 11.6 Å². The normalized spacial score (nSPS) is 11.2. The number of nitrogens with zero attached hydrogens (tertiary/aromatic N) is 2. The third-order valence-corrected chi connectivity index (χ3v) is 4.53. The highest BCUT2D eigenvalue weighted by Gasteiger charge is 2.13. The van der Waals surface area contributed by atoms with E-state index < -0.39 is 11.8 Å². The van der Waals surface area contributed by atoms with Gasteiger partial charge in [0, 0.05) is 21.9 Å². The second-order valence-electron chi connectivity index (χ2n) is 4.64. The molecule has 7 nitrogen and oxygen atoms in total. The fourth-order valence-corrected chi connectivity index (χ4v) is 2.99. The molecule has 0 saturated carbocycles. The van der Waals surface area contributed by atoms with Gasteiger partial charge < -0.3 is 10.6 Å². The van der Waals surface area contributed by atoms with Crippen molar-refractivity contribution in [2.24, 2.45) is 0 Å². The molecule has 0 aliphatic carbocycles. The molecule has 0 aliphatic heterocycles. The van der Waals surface area contributed by atoms with Gasteiger partial charge in [0.25, 0.3) is 0 Å². The van der Waals surface area contributed by atoms with Crippen LogP contribution < -0.4 is 10.6 Å². The fraction of sp³-hybridized carbons (Fsp3) is 0. The van der Waals surface area contributed by atoms with Crippen molar-refractivity contribution in [3.63, 3.8) is 0 Å². The molecule has 2 N–H and O–H groups in total. The van der Waals surface area contributed by atoms with Crippen molar-refractivity contribution in [3.8, 4) is 0 Å². The molecule has 0 spiro atoms. The molecule has 0 saturated heterocycles. The summed E-state index contributed by atoms with van der Waals surface area (Å²) in [5.74, 6) is -0.736. The number of nitrogens with one attached hydrogen (secondary N) is 2. The molecule has 0 fully saturated rings. The first-order valence-corrected chi connectivity index (χ1v) is 8.84. The number of carbonyl (C=O) groups is 2. The van der Waals surface area contributed by atoms with Gasteiger partial charge in [0.05, 0.1) is 0 Å². The van der Waals surface area contributed by atoms with Crippen LogP contribution in [0.15, 0.2) is 51.8 Å². The average Bonchev–Trinajstić information content (AvgIpc) is 3.35. The van der Waals surface area contributed by atoms with Crippen molar-refractivity contribution in [2.45, 2.75) is 0 Å². The Bertz CT molecular complexity index is 823. The van der Waals surface area contributed by atoms with Crippen LogP contribution in [-0.4, -0.2) is 22.1 Å². The van der Waals surface area contributed by atoms with Crippen LogP contribution in [0.2, 0.25) is 0 Å². The zero-order chi connectivity index (χ0) is 17.5. The predicted molar refractivity (Wildman–Crippen MR) is 98.3 cm³/mol. The summed E-state index contributed by atoms with van der Waals surface area (Å²) in [6.07, 6.45) is 6.08. The van der Waals surface area contributed by atoms with Crippen LogP contribution in [0.5, 0.6) is 0 Å². The fourth-order valence-electron chi connectivity index (χ4n) is 1.76. The minimum atomic E-state index is -0.409. The highest BCUT2D eigenvalue weighted by Crippen LogP contribution is 2.17. The van der Waals surface area contributed by atoms with Crippen molar-refractivity contribution in [1.82, 2.24) is 10.3 Å². The average molecular weight is 372 g/mol. The predicted octanol–water partition coefficient (Wildman–Crippen LogP) is 3.50. The van der Waals surface area contributed by atoms with Gasteiger partial charge in [0.2, 0.25) is 23.5 Å². The van der Waals surface area contributed by atoms with Crippen LogP contribution in [0.4, 0.5) is 11.6 Å². The molecule has 3 rings (SSSR count). The number of anilines is 2. The van der Waals surface area contributed by atoms with Crippen LogP contribution in [0.25, 0.3) is 12.2 Å². The third kappa shape index (κ3) is 4.96. The lowest BCUT2D eigenvalue weighted by atomic mass is 10.4. The van der Waals surface area contributed by atoms with E-state index in [1.165, 1.54) is 34.8 Å². The maximum Gasteiger partial charge on any atom is 0.249 e. The van der Waals surface area contributed by atoms with Crippen molar-refractivity contribution < 1.29 is 14.2 Å². The monoisotopic (exact) mass is 372 g/mol. The summed E-state index contributed by atoms with van der Waals surface area (Å²) in [4.78, 5) is 25.7. The van der Waals surface area contributed by atoms with Crippen LogP contribution in [0.1, 0.15) is 9.75 Å². The van der Waals surface area contributed by atoms with Crippen LogP contribution in [0, 0.1) is 0 Å². The molecular weight excluding hydrogens is 360 g/mol. The van der Waals surface area contributed by atoms with Crippen LogP contribution in [0.3, 0.4) is 0 Å². The lowest BCUT2D eigenvalue weighted by molar-refractivity contribution is -0.112. The molecule has 0 aromatic carbocycles. The van der Waals surface area contributed by atoms with Gasteiger partial charge in [-0.3, -0.25) is 9.59 Å². The summed E-state index contributed by atoms with van der Waals surface area (Å²) in [6, 6.07) is 7.55. The Kier molecular flexibility index (Phi) is 5.50. The van der Waals surface area contributed by atoms with Gasteiger partial charge in [-0.1, -0.05) is 12.1 Å². The number of carbonyl (C=O) groups excluding carboxylic acids is 2. The van der Waals surface area contributed by atoms with E-state index in [9.17, 15) is 9.59 Å². The molecule has 2 amide bonds. The Morgan fingerprint density at radius 3 is 1.76 bits per heavy atom. The minimum Gasteiger partial charge on any atom is -0.301 e. The molecule has 126 valence electrons. The Hall–Kier alpha value is -3.04. The molecule has 0 unspecified atom stereocenters. The molecule has 3 aromatic rings. The van der Waals surface area contributed by atoms with Gasteiger partial charge in [0.1, 0.15) is 0 Å². The van der Waals surface area contributed by atoms with E-state index in [0.717, 1.165) is 9.75 Å². The van der Waals surface area contributed by atoms with Crippen molar-refractivity contribution >= 4 is 58.3 Å². The lowest BCUT2D eigenvalue weighted by Crippen LogP contribution is -2.13. The van der Waals surface area contributed by atoms with Crippen molar-refractivity contribution in [2.75, 3.05) is 10.6 Å². The van der Waals surface area contributed by atoms with Gasteiger partial charge in [-0.25, -0.2) is 4.63 Å². The van der Waals surface area contributed by atoms with Crippen LogP contribution >= 0.6 is 22.7 Å². The van der Waals surface area contributed by atoms with E-state index in [2.05, 4.69) is 25.6 Å². The summed E-state index contributed by atoms with van der Waals surface area (Å²) >= 11 is 3.02. The second-order valence-corrected chi connectivity index (χ2v) is 6.60. The Morgan fingerprint density at radius 2 is 1.36 bits per heavy atom. The zero-order valence-corrected chi connectivity index (χ0v) is 14.3. The molecule has 0 bridgehead atoms. The van der Waals surface area contributed by atoms with Crippen molar-refractivity contribution in [3.05, 3.63) is 56.9 Å². The number of hydrogen-bond acceptors (Lipinski definition) is 7. The highest BCUT2D eigenvalue weighted by molar-refractivity contribution is 7.11. The molecule has 0 atom stereocenters. The quantitative estimate of drug-likeness (QED) is 0.646. The molecule has 9 heteroatoms. The molecule has 25 heavy (non-hydrogen) atoms. The van der Waals surface area contributed by atoms with Crippen molar-refractivity contribution in [1.29, 1.82) is 0 Å². The first-order valence-electron chi connectivity index (χ1n) is 7.08. The van der Waals surface area contributed by atoms with Crippen LogP contribution in [-0.2, 0) is 9.59 Å². The van der Waals surface area contributed by atoms with E-state index in [1.807, 2.05) is 35.0 Å². The largest absolute Gasteiger partial charge is 0.301 e. The van der Waals surface area contributed by atoms with E-state index in [4.69, 9.17) is 0 Å². The first-order chi connectivity index (χ1) is 12.2. The third-order valence-electron chi connectivity index (χ3n) is 2.86. The van der Waals surface area contributed by atoms with Gasteiger partial charge in [-0.15, -0.1) is 22.7 Å². The number of thiophene rings is 2. The lowest BCUT2D eigenvalue weighted by Gasteiger charge is -2.00. The van der Waals surface area contributed by atoms with Gasteiger partial charge >= 0.3 is 0 Å². The second kappa shape index (κ2) is 8.18. The maximum atomic E-state index is 11.9. The van der Waals surface area contributed by atoms with E-state index in [1.54, 1.807) is 12.2 Å². The SMILES string of the molecule is O=C(/C=C/c1cccs1)Nc1nonc1NC(=O)/C=C/c1cccs1. The summed E-state index contributed by atoms with van der Waals surface area (Å²) in [5, 5.41) is 16.0. The summed E-state index contributed by atoms with van der Waals surface area (Å²) < 4.78 is 4.57. The van der Waals surface area contributed by atoms with E-state index in [0.29, 0.717) is 0 Å². The van der Waals surface area contributed by atoms with Gasteiger partial charge in [0.15, 0.2) is 0 Å². The van der Waals surface area contributed by atoms with Gasteiger partial charge in [-0.05, 0) is 45.4 Å². The Balaban J connectivity index is 1.58. The maximum absolute atomic E-state index is 11.9. The number of hydrogen-bond donors (Lipinski definition) is 2. The molecule has 0 radical (unpaired) electrons. The summed E-state index contributed by atoms with van der Waals surface area (Å²) in [5.41, 5.74) is 0. The zero-order valence-electron chi connectivity index (χ0n) is 12.7. The standard InChI is InChI=1S/C16H12N4O3S2/c21-13(7-5-11-3-1-9-24-11)17-15-16(20-23-19-15)18-14(22)8-6-12-4-2-10-25-12/h1-10H,(H,17,19,21)(H,18,20,22)/b7-5+,8-6+. The molecule has 3 aromatic heterocycles. The Labute approximate surface area is 150 Å². The number of rotatable bonds is 6. The Morgan fingerprint density at radius 1 is 0.880 bits per heavy atom. The minimum absolute atomic E-state index is 0.0405. The molecular formula is C16H12N4O3S2. The molecule has 0 aliphatic rings. The smallest absolute Gasteiger partial charge is 0.249 e. The van der Waals surface area contributed by atoms with Gasteiger partial charge in [-0.2, -0.15) is 0 Å². The first kappa shape index (κ1) is 16.8. The summed E-state index contributed by atoms with van der Waals surface area (Å²) in [6.45, 7) is 0. The molecule has 3 heterocycles. The topological polar surface area (TPSA) is 97.1 Å². The summed E-state index contributed by atoms with van der Waals surface area (Å²) in [7, 11) is 0.